The number of carbonyl (C=O) groups is 2. The molecule has 1 aliphatic heterocycles. The van der Waals surface area contributed by atoms with E-state index < -0.39 is 11.8 Å². The highest BCUT2D eigenvalue weighted by Gasteiger charge is 2.40. The maximum atomic E-state index is 13.1. The molecular formula is C24H15BrN2O3. The minimum atomic E-state index is -0.676. The lowest BCUT2D eigenvalue weighted by Gasteiger charge is -2.12. The average molecular weight is 459 g/mol. The number of carbonyl (C=O) groups excluding carboxylic acids is 2. The largest absolute Gasteiger partial charge is 0.340 e. The van der Waals surface area contributed by atoms with Crippen LogP contribution in [0.1, 0.15) is 27.6 Å². The fourth-order valence-corrected chi connectivity index (χ4v) is 5.27. The van der Waals surface area contributed by atoms with Crippen molar-refractivity contribution in [2.24, 2.45) is 0 Å². The predicted molar refractivity (Wildman–Crippen MR) is 120 cm³/mol. The molecule has 6 rings (SSSR count). The lowest BCUT2D eigenvalue weighted by atomic mass is 9.91. The quantitative estimate of drug-likeness (QED) is 0.194. The van der Waals surface area contributed by atoms with Crippen LogP contribution in [-0.4, -0.2) is 26.7 Å². The van der Waals surface area contributed by atoms with Crippen molar-refractivity contribution in [2.75, 3.05) is 0 Å². The molecular weight excluding hydrogens is 444 g/mol. The molecule has 0 saturated heterocycles. The second-order valence-corrected chi connectivity index (χ2v) is 8.43. The molecule has 5 nitrogen and oxygen atoms in total. The molecule has 0 radical (unpaired) electrons. The Morgan fingerprint density at radius 1 is 0.867 bits per heavy atom. The third-order valence-corrected chi connectivity index (χ3v) is 6.58. The molecule has 0 fully saturated rings. The standard InChI is InChI=1S/C24H15BrN2O3/c1-2-26-17-10-8-13(25)11-16(17)19-21-20(23(28)27(30)24(21)29)18-14-6-4-3-5-12(14)7-9-15(18)22(19)26/h3-11,30H,2H2,1H3. The van der Waals surface area contributed by atoms with Crippen LogP contribution in [0.2, 0.25) is 0 Å². The van der Waals surface area contributed by atoms with Crippen LogP contribution in [0, 0.1) is 0 Å². The van der Waals surface area contributed by atoms with Crippen molar-refractivity contribution in [3.05, 3.63) is 70.2 Å². The number of benzene rings is 4. The Bertz CT molecular complexity index is 1600. The van der Waals surface area contributed by atoms with Crippen molar-refractivity contribution in [3.8, 4) is 0 Å². The van der Waals surface area contributed by atoms with Gasteiger partial charge in [-0.3, -0.25) is 14.8 Å². The molecule has 146 valence electrons. The summed E-state index contributed by atoms with van der Waals surface area (Å²) in [5.74, 6) is -1.35. The van der Waals surface area contributed by atoms with E-state index in [-0.39, 0.29) is 16.2 Å². The molecule has 6 heteroatoms. The van der Waals surface area contributed by atoms with Gasteiger partial charge in [-0.2, -0.15) is 0 Å². The van der Waals surface area contributed by atoms with Gasteiger partial charge in [0.15, 0.2) is 0 Å². The lowest BCUT2D eigenvalue weighted by molar-refractivity contribution is -0.0325. The van der Waals surface area contributed by atoms with Crippen LogP contribution in [0.5, 0.6) is 0 Å². The van der Waals surface area contributed by atoms with Crippen molar-refractivity contribution >= 4 is 71.1 Å². The highest BCUT2D eigenvalue weighted by Crippen LogP contribution is 2.45. The number of hydrogen-bond donors (Lipinski definition) is 1. The summed E-state index contributed by atoms with van der Waals surface area (Å²) >= 11 is 3.53. The first-order chi connectivity index (χ1) is 14.5. The molecule has 0 atom stereocenters. The monoisotopic (exact) mass is 458 g/mol. The van der Waals surface area contributed by atoms with Crippen LogP contribution in [0.25, 0.3) is 43.4 Å². The van der Waals surface area contributed by atoms with Gasteiger partial charge in [-0.15, -0.1) is 5.06 Å². The molecule has 1 N–H and O–H groups in total. The SMILES string of the molecule is CCn1c2ccc(Br)cc2c2c3c(c4c5ccccc5ccc4c21)C(=O)N(O)C3=O. The van der Waals surface area contributed by atoms with Gasteiger partial charge < -0.3 is 4.57 Å². The summed E-state index contributed by atoms with van der Waals surface area (Å²) in [5, 5.41) is 15.6. The third kappa shape index (κ3) is 2.00. The summed E-state index contributed by atoms with van der Waals surface area (Å²) in [4.78, 5) is 26.1. The Hall–Kier alpha value is -3.22. The van der Waals surface area contributed by atoms with E-state index in [0.29, 0.717) is 17.3 Å². The van der Waals surface area contributed by atoms with Crippen molar-refractivity contribution in [2.45, 2.75) is 13.5 Å². The van der Waals surface area contributed by atoms with Crippen molar-refractivity contribution in [3.63, 3.8) is 0 Å². The topological polar surface area (TPSA) is 62.5 Å². The van der Waals surface area contributed by atoms with Gasteiger partial charge in [-0.05, 0) is 35.9 Å². The first kappa shape index (κ1) is 17.6. The molecule has 2 heterocycles. The number of imide groups is 1. The number of nitrogens with zero attached hydrogens (tertiary/aromatic N) is 2. The second kappa shape index (κ2) is 5.90. The van der Waals surface area contributed by atoms with E-state index in [9.17, 15) is 14.8 Å². The minimum absolute atomic E-state index is 0.248. The van der Waals surface area contributed by atoms with E-state index in [2.05, 4.69) is 27.4 Å². The molecule has 2 amide bonds. The van der Waals surface area contributed by atoms with E-state index in [0.717, 1.165) is 37.1 Å². The number of hydrogen-bond acceptors (Lipinski definition) is 3. The molecule has 0 aliphatic carbocycles. The first-order valence-electron chi connectivity index (χ1n) is 9.69. The fourth-order valence-electron chi connectivity index (χ4n) is 4.91. The van der Waals surface area contributed by atoms with E-state index in [1.54, 1.807) is 0 Å². The Morgan fingerprint density at radius 2 is 1.60 bits per heavy atom. The fraction of sp³-hybridized carbons (Fsp3) is 0.0833. The summed E-state index contributed by atoms with van der Waals surface area (Å²) in [5.41, 5.74) is 2.44. The number of aryl methyl sites for hydroxylation is 1. The normalized spacial score (nSPS) is 14.0. The number of amides is 2. The smallest absolute Gasteiger partial charge is 0.286 e. The summed E-state index contributed by atoms with van der Waals surface area (Å²) in [6.45, 7) is 2.76. The number of fused-ring (bicyclic) bond motifs is 10. The molecule has 0 spiro atoms. The highest BCUT2D eigenvalue weighted by atomic mass is 79.9. The van der Waals surface area contributed by atoms with Gasteiger partial charge in [0, 0.05) is 38.1 Å². The van der Waals surface area contributed by atoms with Crippen LogP contribution in [0.4, 0.5) is 0 Å². The van der Waals surface area contributed by atoms with Gasteiger partial charge in [0.05, 0.1) is 16.6 Å². The molecule has 0 saturated carbocycles. The molecule has 0 bridgehead atoms. The predicted octanol–water partition coefficient (Wildman–Crippen LogP) is 5.87. The maximum absolute atomic E-state index is 13.1. The van der Waals surface area contributed by atoms with Gasteiger partial charge in [-0.1, -0.05) is 52.3 Å². The molecule has 4 aromatic carbocycles. The molecule has 30 heavy (non-hydrogen) atoms. The Balaban J connectivity index is 2.03. The van der Waals surface area contributed by atoms with Crippen LogP contribution >= 0.6 is 15.9 Å². The second-order valence-electron chi connectivity index (χ2n) is 7.51. The van der Waals surface area contributed by atoms with Gasteiger partial charge in [0.1, 0.15) is 0 Å². The number of aromatic nitrogens is 1. The zero-order chi connectivity index (χ0) is 20.7. The van der Waals surface area contributed by atoms with E-state index in [1.165, 1.54) is 0 Å². The van der Waals surface area contributed by atoms with Crippen LogP contribution in [-0.2, 0) is 6.54 Å². The zero-order valence-corrected chi connectivity index (χ0v) is 17.5. The van der Waals surface area contributed by atoms with Gasteiger partial charge in [-0.25, -0.2) is 0 Å². The Morgan fingerprint density at radius 3 is 2.37 bits per heavy atom. The van der Waals surface area contributed by atoms with Crippen LogP contribution < -0.4 is 0 Å². The molecule has 5 aromatic rings. The molecule has 0 unspecified atom stereocenters. The number of hydroxylamine groups is 2. The van der Waals surface area contributed by atoms with Crippen molar-refractivity contribution in [1.29, 1.82) is 0 Å². The summed E-state index contributed by atoms with van der Waals surface area (Å²) in [6.07, 6.45) is 0. The first-order valence-corrected chi connectivity index (χ1v) is 10.5. The number of halogens is 1. The summed E-state index contributed by atoms with van der Waals surface area (Å²) < 4.78 is 3.06. The van der Waals surface area contributed by atoms with Gasteiger partial charge in [0.2, 0.25) is 0 Å². The molecule has 1 aromatic heterocycles. The van der Waals surface area contributed by atoms with Gasteiger partial charge in [0.25, 0.3) is 11.8 Å². The van der Waals surface area contributed by atoms with Crippen molar-refractivity contribution < 1.29 is 14.8 Å². The third-order valence-electron chi connectivity index (χ3n) is 6.09. The Labute approximate surface area is 179 Å². The highest BCUT2D eigenvalue weighted by molar-refractivity contribution is 9.10. The minimum Gasteiger partial charge on any atom is -0.340 e. The summed E-state index contributed by atoms with van der Waals surface area (Å²) in [7, 11) is 0. The maximum Gasteiger partial charge on any atom is 0.286 e. The lowest BCUT2D eigenvalue weighted by Crippen LogP contribution is -2.25. The van der Waals surface area contributed by atoms with E-state index in [4.69, 9.17) is 0 Å². The summed E-state index contributed by atoms with van der Waals surface area (Å²) in [6, 6.07) is 17.8. The van der Waals surface area contributed by atoms with Crippen molar-refractivity contribution in [1.82, 2.24) is 9.63 Å². The molecule has 1 aliphatic rings. The Kier molecular flexibility index (Phi) is 3.47. The number of rotatable bonds is 1. The van der Waals surface area contributed by atoms with Crippen LogP contribution in [0.15, 0.2) is 59.1 Å². The van der Waals surface area contributed by atoms with Crippen LogP contribution in [0.3, 0.4) is 0 Å². The van der Waals surface area contributed by atoms with E-state index in [1.807, 2.05) is 54.6 Å². The zero-order valence-electron chi connectivity index (χ0n) is 15.9. The van der Waals surface area contributed by atoms with E-state index >= 15 is 0 Å². The van der Waals surface area contributed by atoms with Gasteiger partial charge >= 0.3 is 0 Å². The average Bonchev–Trinajstić information content (AvgIpc) is 3.20.